The Hall–Kier alpha value is -0.640. The van der Waals surface area contributed by atoms with Crippen LogP contribution in [0, 0.1) is 0 Å². The zero-order chi connectivity index (χ0) is 8.27. The average molecular weight is 161 g/mol. The van der Waals surface area contributed by atoms with Crippen molar-refractivity contribution in [2.45, 2.75) is 25.6 Å². The van der Waals surface area contributed by atoms with Gasteiger partial charge in [0.05, 0.1) is 6.61 Å². The van der Waals surface area contributed by atoms with Gasteiger partial charge in [-0.25, -0.2) is 4.39 Å². The summed E-state index contributed by atoms with van der Waals surface area (Å²) in [6, 6.07) is -0.426. The lowest BCUT2D eigenvalue weighted by molar-refractivity contribution is -0.145. The molecule has 0 aliphatic carbocycles. The minimum atomic E-state index is -0.899. The number of hydrogen-bond acceptors (Lipinski definition) is 3. The first kappa shape index (κ1) is 8.46. The van der Waals surface area contributed by atoms with Gasteiger partial charge < -0.3 is 10.1 Å². The molecule has 0 spiro atoms. The van der Waals surface area contributed by atoms with Crippen LogP contribution < -0.4 is 5.32 Å². The van der Waals surface area contributed by atoms with Gasteiger partial charge in [-0.15, -0.1) is 0 Å². The molecule has 0 amide bonds. The van der Waals surface area contributed by atoms with E-state index in [0.29, 0.717) is 6.61 Å². The van der Waals surface area contributed by atoms with Crippen molar-refractivity contribution in [1.82, 2.24) is 5.32 Å². The summed E-state index contributed by atoms with van der Waals surface area (Å²) >= 11 is 0. The minimum absolute atomic E-state index is 0.249. The molecule has 0 radical (unpaired) electrons. The lowest BCUT2D eigenvalue weighted by atomic mass is 10.2. The van der Waals surface area contributed by atoms with Gasteiger partial charge in [0.2, 0.25) is 0 Å². The van der Waals surface area contributed by atoms with Gasteiger partial charge >= 0.3 is 5.97 Å². The first-order valence-electron chi connectivity index (χ1n) is 3.78. The zero-order valence-electron chi connectivity index (χ0n) is 6.47. The lowest BCUT2D eigenvalue weighted by Gasteiger charge is -2.07. The summed E-state index contributed by atoms with van der Waals surface area (Å²) < 4.78 is 17.2. The molecule has 0 unspecified atom stereocenters. The molecule has 3 nitrogen and oxygen atoms in total. The van der Waals surface area contributed by atoms with Crippen molar-refractivity contribution < 1.29 is 13.9 Å². The summed E-state index contributed by atoms with van der Waals surface area (Å²) in [6.45, 7) is 2.36. The lowest BCUT2D eigenvalue weighted by Crippen LogP contribution is -2.32. The highest BCUT2D eigenvalue weighted by molar-refractivity contribution is 5.76. The number of carbonyl (C=O) groups is 1. The quantitative estimate of drug-likeness (QED) is 0.590. The van der Waals surface area contributed by atoms with Gasteiger partial charge in [0, 0.05) is 13.0 Å². The van der Waals surface area contributed by atoms with Crippen LogP contribution in [0.25, 0.3) is 0 Å². The number of alkyl halides is 1. The molecule has 1 saturated heterocycles. The van der Waals surface area contributed by atoms with E-state index in [0.717, 1.165) is 0 Å². The fourth-order valence-corrected chi connectivity index (χ4v) is 1.11. The Morgan fingerprint density at radius 1 is 1.82 bits per heavy atom. The molecule has 1 aliphatic heterocycles. The number of esters is 1. The van der Waals surface area contributed by atoms with Gasteiger partial charge in [-0.2, -0.15) is 0 Å². The van der Waals surface area contributed by atoms with E-state index < -0.39 is 12.2 Å². The molecule has 0 aromatic carbocycles. The largest absolute Gasteiger partial charge is 0.465 e. The van der Waals surface area contributed by atoms with Crippen LogP contribution in [-0.4, -0.2) is 31.3 Å². The molecular formula is C7H12FNO2. The number of carbonyl (C=O) groups excluding carboxylic acids is 1. The average Bonchev–Trinajstić information content (AvgIpc) is 2.36. The molecular weight excluding hydrogens is 149 g/mol. The number of ether oxygens (including phenoxy) is 1. The molecule has 11 heavy (non-hydrogen) atoms. The molecule has 4 heteroatoms. The molecule has 0 bridgehead atoms. The van der Waals surface area contributed by atoms with Crippen molar-refractivity contribution in [3.63, 3.8) is 0 Å². The van der Waals surface area contributed by atoms with Gasteiger partial charge in [0.25, 0.3) is 0 Å². The van der Waals surface area contributed by atoms with Crippen LogP contribution in [-0.2, 0) is 9.53 Å². The third kappa shape index (κ3) is 2.15. The third-order valence-corrected chi connectivity index (χ3v) is 1.65. The maximum atomic E-state index is 12.5. The van der Waals surface area contributed by atoms with E-state index in [1.54, 1.807) is 6.92 Å². The fraction of sp³-hybridized carbons (Fsp3) is 0.857. The summed E-state index contributed by atoms with van der Waals surface area (Å²) in [5, 5.41) is 2.74. The Morgan fingerprint density at radius 2 is 2.55 bits per heavy atom. The second-order valence-corrected chi connectivity index (χ2v) is 2.55. The Kier molecular flexibility index (Phi) is 2.82. The van der Waals surface area contributed by atoms with E-state index in [1.165, 1.54) is 0 Å². The highest BCUT2D eigenvalue weighted by Crippen LogP contribution is 2.10. The number of nitrogens with one attached hydrogen (secondary N) is 1. The predicted molar refractivity (Wildman–Crippen MR) is 37.9 cm³/mol. The van der Waals surface area contributed by atoms with E-state index >= 15 is 0 Å². The maximum Gasteiger partial charge on any atom is 0.323 e. The first-order valence-corrected chi connectivity index (χ1v) is 3.78. The molecule has 0 saturated carbocycles. The summed E-state index contributed by atoms with van der Waals surface area (Å²) in [6.07, 6.45) is -0.650. The molecule has 64 valence electrons. The van der Waals surface area contributed by atoms with E-state index in [4.69, 9.17) is 4.74 Å². The van der Waals surface area contributed by atoms with Crippen LogP contribution in [0.1, 0.15) is 13.3 Å². The standard InChI is InChI=1S/C7H12FNO2/c1-2-11-7(10)6-3-5(8)4-9-6/h5-6,9H,2-4H2,1H3/t5-,6+/m1/s1. The second-order valence-electron chi connectivity index (χ2n) is 2.55. The van der Waals surface area contributed by atoms with Crippen LogP contribution >= 0.6 is 0 Å². The molecule has 0 aromatic rings. The molecule has 1 N–H and O–H groups in total. The van der Waals surface area contributed by atoms with Gasteiger partial charge in [0.15, 0.2) is 0 Å². The van der Waals surface area contributed by atoms with E-state index in [-0.39, 0.29) is 18.9 Å². The Labute approximate surface area is 64.9 Å². The normalized spacial score (nSPS) is 30.4. The Morgan fingerprint density at radius 3 is 3.00 bits per heavy atom. The summed E-state index contributed by atoms with van der Waals surface area (Å²) in [7, 11) is 0. The third-order valence-electron chi connectivity index (χ3n) is 1.65. The minimum Gasteiger partial charge on any atom is -0.465 e. The molecule has 0 aromatic heterocycles. The summed E-state index contributed by atoms with van der Waals surface area (Å²) in [5.74, 6) is -0.340. The van der Waals surface area contributed by atoms with Crippen molar-refractivity contribution in [3.8, 4) is 0 Å². The number of hydrogen-bond donors (Lipinski definition) is 1. The predicted octanol–water partition coefficient (Wildman–Crippen LogP) is 0.250. The summed E-state index contributed by atoms with van der Waals surface area (Å²) in [4.78, 5) is 10.9. The summed E-state index contributed by atoms with van der Waals surface area (Å²) in [5.41, 5.74) is 0. The molecule has 1 fully saturated rings. The van der Waals surface area contributed by atoms with Crippen LogP contribution in [0.5, 0.6) is 0 Å². The van der Waals surface area contributed by atoms with Crippen molar-refractivity contribution in [1.29, 1.82) is 0 Å². The monoisotopic (exact) mass is 161 g/mol. The number of rotatable bonds is 2. The smallest absolute Gasteiger partial charge is 0.323 e. The van der Waals surface area contributed by atoms with E-state index in [2.05, 4.69) is 5.32 Å². The SMILES string of the molecule is CCOC(=O)[C@@H]1C[C@@H](F)CN1. The van der Waals surface area contributed by atoms with Crippen molar-refractivity contribution in [2.24, 2.45) is 0 Å². The highest BCUT2D eigenvalue weighted by Gasteiger charge is 2.29. The molecule has 1 aliphatic rings. The Bertz CT molecular complexity index is 151. The molecule has 1 heterocycles. The van der Waals surface area contributed by atoms with E-state index in [1.807, 2.05) is 0 Å². The van der Waals surface area contributed by atoms with Crippen LogP contribution in [0.15, 0.2) is 0 Å². The topological polar surface area (TPSA) is 38.3 Å². The van der Waals surface area contributed by atoms with Gasteiger partial charge in [-0.3, -0.25) is 4.79 Å². The van der Waals surface area contributed by atoms with E-state index in [9.17, 15) is 9.18 Å². The highest BCUT2D eigenvalue weighted by atomic mass is 19.1. The van der Waals surface area contributed by atoms with Gasteiger partial charge in [0.1, 0.15) is 12.2 Å². The Balaban J connectivity index is 2.31. The fourth-order valence-electron chi connectivity index (χ4n) is 1.11. The van der Waals surface area contributed by atoms with Gasteiger partial charge in [-0.05, 0) is 6.92 Å². The maximum absolute atomic E-state index is 12.5. The van der Waals surface area contributed by atoms with Gasteiger partial charge in [-0.1, -0.05) is 0 Å². The van der Waals surface area contributed by atoms with Crippen molar-refractivity contribution in [3.05, 3.63) is 0 Å². The van der Waals surface area contributed by atoms with Crippen molar-refractivity contribution >= 4 is 5.97 Å². The van der Waals surface area contributed by atoms with Crippen LogP contribution in [0.4, 0.5) is 4.39 Å². The molecule has 1 rings (SSSR count). The van der Waals surface area contributed by atoms with Crippen LogP contribution in [0.3, 0.4) is 0 Å². The van der Waals surface area contributed by atoms with Crippen molar-refractivity contribution in [2.75, 3.05) is 13.2 Å². The molecule has 2 atom stereocenters. The van der Waals surface area contributed by atoms with Crippen LogP contribution in [0.2, 0.25) is 0 Å². The number of halogens is 1. The first-order chi connectivity index (χ1) is 5.24. The zero-order valence-corrected chi connectivity index (χ0v) is 6.47. The second kappa shape index (κ2) is 3.67.